The Morgan fingerprint density at radius 3 is 2.67 bits per heavy atom. The maximum Gasteiger partial charge on any atom is 0.238 e. The molecule has 1 saturated carbocycles. The van der Waals surface area contributed by atoms with Gasteiger partial charge in [0.05, 0.1) is 5.75 Å². The second-order valence-electron chi connectivity index (χ2n) is 8.56. The summed E-state index contributed by atoms with van der Waals surface area (Å²) in [4.78, 5) is 27.0. The number of hydrogen-bond donors (Lipinski definition) is 1. The van der Waals surface area contributed by atoms with E-state index in [0.717, 1.165) is 29.3 Å². The second-order valence-corrected chi connectivity index (χ2v) is 9.63. The summed E-state index contributed by atoms with van der Waals surface area (Å²) in [5.74, 6) is 1.39. The Hall–Kier alpha value is -2.27. The number of benzene rings is 2. The van der Waals surface area contributed by atoms with Crippen LogP contribution in [0.4, 0.5) is 11.4 Å². The van der Waals surface area contributed by atoms with E-state index in [-0.39, 0.29) is 17.2 Å². The molecule has 1 heterocycles. The van der Waals surface area contributed by atoms with Crippen LogP contribution in [-0.4, -0.2) is 17.6 Å². The predicted octanol–water partition coefficient (Wildman–Crippen LogP) is 5.99. The lowest BCUT2D eigenvalue weighted by Gasteiger charge is -2.25. The van der Waals surface area contributed by atoms with Crippen LogP contribution in [0.1, 0.15) is 60.6 Å². The molecule has 4 nitrogen and oxygen atoms in total. The van der Waals surface area contributed by atoms with Gasteiger partial charge in [-0.3, -0.25) is 14.5 Å². The van der Waals surface area contributed by atoms with Crippen LogP contribution in [0, 0.1) is 19.8 Å². The van der Waals surface area contributed by atoms with Crippen molar-refractivity contribution in [3.63, 3.8) is 0 Å². The molecule has 2 aliphatic rings. The molecule has 2 aromatic carbocycles. The molecular formula is C25H30N2O2S. The van der Waals surface area contributed by atoms with Crippen LogP contribution in [0.3, 0.4) is 0 Å². The molecule has 4 rings (SSSR count). The van der Waals surface area contributed by atoms with Crippen LogP contribution in [0.25, 0.3) is 0 Å². The maximum absolute atomic E-state index is 12.7. The van der Waals surface area contributed by atoms with Crippen LogP contribution in [0.15, 0.2) is 42.5 Å². The number of thioether (sulfide) groups is 1. The van der Waals surface area contributed by atoms with Gasteiger partial charge >= 0.3 is 0 Å². The van der Waals surface area contributed by atoms with Gasteiger partial charge in [0.15, 0.2) is 0 Å². The summed E-state index contributed by atoms with van der Waals surface area (Å²) in [5.41, 5.74) is 5.18. The van der Waals surface area contributed by atoms with Gasteiger partial charge < -0.3 is 5.32 Å². The van der Waals surface area contributed by atoms with E-state index in [9.17, 15) is 9.59 Å². The smallest absolute Gasteiger partial charge is 0.238 e. The molecule has 1 atom stereocenters. The highest BCUT2D eigenvalue weighted by molar-refractivity contribution is 8.00. The lowest BCUT2D eigenvalue weighted by Crippen LogP contribution is -2.28. The molecule has 2 aromatic rings. The average molecular weight is 423 g/mol. The van der Waals surface area contributed by atoms with Crippen LogP contribution in [0.5, 0.6) is 0 Å². The van der Waals surface area contributed by atoms with Crippen LogP contribution in [-0.2, 0) is 9.59 Å². The number of carbonyl (C=O) groups is 2. The molecule has 1 aliphatic heterocycles. The van der Waals surface area contributed by atoms with Crippen LogP contribution in [0.2, 0.25) is 0 Å². The zero-order valence-electron chi connectivity index (χ0n) is 17.8. The van der Waals surface area contributed by atoms with Crippen molar-refractivity contribution in [3.8, 4) is 0 Å². The largest absolute Gasteiger partial charge is 0.326 e. The number of amides is 2. The lowest BCUT2D eigenvalue weighted by atomic mass is 10.0. The van der Waals surface area contributed by atoms with Crippen LogP contribution < -0.4 is 10.2 Å². The first kappa shape index (κ1) is 21.0. The summed E-state index contributed by atoms with van der Waals surface area (Å²) in [6.07, 6.45) is 6.72. The summed E-state index contributed by atoms with van der Waals surface area (Å²) < 4.78 is 0. The third kappa shape index (κ3) is 4.72. The molecule has 1 aliphatic carbocycles. The van der Waals surface area contributed by atoms with Gasteiger partial charge in [-0.15, -0.1) is 11.8 Å². The fourth-order valence-electron chi connectivity index (χ4n) is 4.45. The maximum atomic E-state index is 12.7. The molecule has 0 radical (unpaired) electrons. The van der Waals surface area contributed by atoms with Gasteiger partial charge in [-0.25, -0.2) is 0 Å². The Kier molecular flexibility index (Phi) is 6.47. The van der Waals surface area contributed by atoms with Crippen molar-refractivity contribution in [2.75, 3.05) is 16.0 Å². The van der Waals surface area contributed by atoms with E-state index < -0.39 is 0 Å². The fraction of sp³-hybridized carbons (Fsp3) is 0.440. The topological polar surface area (TPSA) is 49.4 Å². The molecule has 2 amide bonds. The van der Waals surface area contributed by atoms with Gasteiger partial charge in [0.2, 0.25) is 11.8 Å². The van der Waals surface area contributed by atoms with Gasteiger partial charge in [0.1, 0.15) is 5.37 Å². The Morgan fingerprint density at radius 2 is 1.90 bits per heavy atom. The Morgan fingerprint density at radius 1 is 1.10 bits per heavy atom. The third-order valence-corrected chi connectivity index (χ3v) is 7.56. The number of rotatable bonds is 6. The molecule has 0 spiro atoms. The van der Waals surface area contributed by atoms with Crippen molar-refractivity contribution in [2.45, 2.75) is 57.7 Å². The Bertz CT molecular complexity index is 936. The van der Waals surface area contributed by atoms with Gasteiger partial charge in [0, 0.05) is 17.8 Å². The van der Waals surface area contributed by atoms with E-state index in [1.165, 1.54) is 36.8 Å². The monoisotopic (exact) mass is 422 g/mol. The van der Waals surface area contributed by atoms with E-state index in [1.54, 1.807) is 11.8 Å². The third-order valence-electron chi connectivity index (χ3n) is 6.35. The fourth-order valence-corrected chi connectivity index (χ4v) is 5.62. The molecule has 5 heteroatoms. The second kappa shape index (κ2) is 9.25. The number of carbonyl (C=O) groups excluding carboxylic acids is 2. The standard InChI is InChI=1S/C25H30N2O2S/c1-17-10-12-22(14-18(17)2)27-24(29)16-30-25(27)20-8-5-9-21(15-20)26-23(28)13-11-19-6-3-4-7-19/h5,8-10,12,14-15,19,25H,3-4,6-7,11,13,16H2,1-2H3,(H,26,28). The zero-order valence-corrected chi connectivity index (χ0v) is 18.6. The van der Waals surface area contributed by atoms with Gasteiger partial charge in [-0.1, -0.05) is 43.9 Å². The van der Waals surface area contributed by atoms with Crippen molar-refractivity contribution in [3.05, 3.63) is 59.2 Å². The molecular weight excluding hydrogens is 392 g/mol. The molecule has 2 fully saturated rings. The Labute approximate surface area is 183 Å². The quantitative estimate of drug-likeness (QED) is 0.622. The minimum Gasteiger partial charge on any atom is -0.326 e. The van der Waals surface area contributed by atoms with E-state index >= 15 is 0 Å². The molecule has 158 valence electrons. The lowest BCUT2D eigenvalue weighted by molar-refractivity contribution is -0.117. The molecule has 1 saturated heterocycles. The molecule has 0 aromatic heterocycles. The van der Waals surface area contributed by atoms with E-state index in [0.29, 0.717) is 12.2 Å². The molecule has 1 unspecified atom stereocenters. The minimum atomic E-state index is -0.0741. The summed E-state index contributed by atoms with van der Waals surface area (Å²) in [6, 6.07) is 14.1. The number of aryl methyl sites for hydroxylation is 2. The predicted molar refractivity (Wildman–Crippen MR) is 125 cm³/mol. The molecule has 0 bridgehead atoms. The number of anilines is 2. The first-order valence-electron chi connectivity index (χ1n) is 10.9. The normalized spacial score (nSPS) is 19.5. The van der Waals surface area contributed by atoms with Crippen LogP contribution >= 0.6 is 11.8 Å². The highest BCUT2D eigenvalue weighted by Gasteiger charge is 2.34. The van der Waals surface area contributed by atoms with Crippen molar-refractivity contribution in [1.82, 2.24) is 0 Å². The van der Waals surface area contributed by atoms with E-state index in [1.807, 2.05) is 35.2 Å². The Balaban J connectivity index is 1.47. The first-order valence-corrected chi connectivity index (χ1v) is 12.0. The van der Waals surface area contributed by atoms with Gasteiger partial charge in [-0.2, -0.15) is 0 Å². The van der Waals surface area contributed by atoms with Crippen molar-refractivity contribution >= 4 is 35.0 Å². The first-order chi connectivity index (χ1) is 14.5. The summed E-state index contributed by atoms with van der Waals surface area (Å²) >= 11 is 1.63. The van der Waals surface area contributed by atoms with E-state index in [4.69, 9.17) is 0 Å². The zero-order chi connectivity index (χ0) is 21.1. The number of nitrogens with one attached hydrogen (secondary N) is 1. The van der Waals surface area contributed by atoms with Gasteiger partial charge in [-0.05, 0) is 67.1 Å². The molecule has 1 N–H and O–H groups in total. The average Bonchev–Trinajstić information content (AvgIpc) is 3.38. The van der Waals surface area contributed by atoms with Crippen molar-refractivity contribution in [2.24, 2.45) is 5.92 Å². The SMILES string of the molecule is Cc1ccc(N2C(=O)CSC2c2cccc(NC(=O)CCC3CCCC3)c2)cc1C. The minimum absolute atomic E-state index is 0.0741. The summed E-state index contributed by atoms with van der Waals surface area (Å²) in [7, 11) is 0. The van der Waals surface area contributed by atoms with Crippen molar-refractivity contribution in [1.29, 1.82) is 0 Å². The van der Waals surface area contributed by atoms with E-state index in [2.05, 4.69) is 31.3 Å². The summed E-state index contributed by atoms with van der Waals surface area (Å²) in [5, 5.41) is 2.99. The van der Waals surface area contributed by atoms with Gasteiger partial charge in [0.25, 0.3) is 0 Å². The summed E-state index contributed by atoms with van der Waals surface area (Å²) in [6.45, 7) is 4.15. The number of nitrogens with zero attached hydrogens (tertiary/aromatic N) is 1. The molecule has 30 heavy (non-hydrogen) atoms. The van der Waals surface area contributed by atoms with Crippen molar-refractivity contribution < 1.29 is 9.59 Å². The highest BCUT2D eigenvalue weighted by Crippen LogP contribution is 2.42. The number of hydrogen-bond acceptors (Lipinski definition) is 3. The highest BCUT2D eigenvalue weighted by atomic mass is 32.2.